The van der Waals surface area contributed by atoms with Crippen LogP contribution >= 0.6 is 0 Å². The van der Waals surface area contributed by atoms with E-state index < -0.39 is 5.41 Å². The van der Waals surface area contributed by atoms with Gasteiger partial charge in [0.2, 0.25) is 0 Å². The zero-order valence-corrected chi connectivity index (χ0v) is 37.4. The van der Waals surface area contributed by atoms with Crippen LogP contribution in [0.3, 0.4) is 0 Å². The van der Waals surface area contributed by atoms with Crippen molar-refractivity contribution < 1.29 is 0 Å². The summed E-state index contributed by atoms with van der Waals surface area (Å²) in [4.78, 5) is 15.0. The molecule has 0 bridgehead atoms. The van der Waals surface area contributed by atoms with Crippen LogP contribution in [0.2, 0.25) is 0 Å². The summed E-state index contributed by atoms with van der Waals surface area (Å²) < 4.78 is 4.88. The number of para-hydroxylation sites is 3. The predicted octanol–water partition coefficient (Wildman–Crippen LogP) is 15.4. The van der Waals surface area contributed by atoms with Crippen LogP contribution in [-0.4, -0.2) is 24.1 Å². The minimum atomic E-state index is -0.635. The first-order valence-corrected chi connectivity index (χ1v) is 23.5. The highest BCUT2D eigenvalue weighted by atomic mass is 15.0. The van der Waals surface area contributed by atoms with Gasteiger partial charge < -0.3 is 9.13 Å². The van der Waals surface area contributed by atoms with E-state index in [2.05, 4.69) is 197 Å². The van der Waals surface area contributed by atoms with E-state index in [1.807, 2.05) is 60.7 Å². The highest BCUT2D eigenvalue weighted by molar-refractivity contribution is 6.15. The Morgan fingerprint density at radius 3 is 1.06 bits per heavy atom. The Hall–Kier alpha value is -9.19. The predicted molar refractivity (Wildman–Crippen MR) is 282 cm³/mol. The molecule has 3 heterocycles. The van der Waals surface area contributed by atoms with Gasteiger partial charge in [0, 0.05) is 49.6 Å². The summed E-state index contributed by atoms with van der Waals surface area (Å²) in [7, 11) is 0. The molecular formula is C64H41N5. The normalized spacial score (nSPS) is 12.8. The van der Waals surface area contributed by atoms with E-state index in [1.54, 1.807) is 0 Å². The molecule has 69 heavy (non-hydrogen) atoms. The minimum absolute atomic E-state index is 0.628. The third-order valence-corrected chi connectivity index (χ3v) is 14.2. The Morgan fingerprint density at radius 1 is 0.275 bits per heavy atom. The number of rotatable bonds is 7. The molecule has 10 aromatic carbocycles. The molecule has 0 amide bonds. The van der Waals surface area contributed by atoms with Crippen LogP contribution in [0.25, 0.3) is 100 Å². The fourth-order valence-corrected chi connectivity index (χ4v) is 11.2. The fourth-order valence-electron chi connectivity index (χ4n) is 11.2. The van der Waals surface area contributed by atoms with E-state index in [0.717, 1.165) is 39.1 Å². The molecule has 1 aliphatic rings. The second kappa shape index (κ2) is 15.4. The van der Waals surface area contributed by atoms with Gasteiger partial charge in [0.25, 0.3) is 0 Å². The van der Waals surface area contributed by atoms with Crippen LogP contribution in [0.15, 0.2) is 249 Å². The van der Waals surface area contributed by atoms with Gasteiger partial charge in [-0.2, -0.15) is 0 Å². The lowest BCUT2D eigenvalue weighted by molar-refractivity contribution is 0.769. The molecule has 0 saturated heterocycles. The Labute approximate surface area is 398 Å². The molecule has 13 aromatic rings. The van der Waals surface area contributed by atoms with Crippen molar-refractivity contribution in [3.8, 4) is 56.7 Å². The molecule has 0 saturated carbocycles. The Morgan fingerprint density at radius 2 is 0.623 bits per heavy atom. The van der Waals surface area contributed by atoms with Gasteiger partial charge in [-0.3, -0.25) is 0 Å². The monoisotopic (exact) mass is 879 g/mol. The van der Waals surface area contributed by atoms with Crippen LogP contribution in [-0.2, 0) is 5.41 Å². The van der Waals surface area contributed by atoms with E-state index in [-0.39, 0.29) is 0 Å². The first kappa shape index (κ1) is 39.0. The molecule has 0 unspecified atom stereocenters. The van der Waals surface area contributed by atoms with E-state index >= 15 is 0 Å². The molecule has 5 heteroatoms. The van der Waals surface area contributed by atoms with Crippen molar-refractivity contribution in [1.29, 1.82) is 0 Å². The van der Waals surface area contributed by atoms with Gasteiger partial charge >= 0.3 is 0 Å². The summed E-state index contributed by atoms with van der Waals surface area (Å²) in [5.74, 6) is 1.91. The highest BCUT2D eigenvalue weighted by Gasteiger charge is 2.47. The SMILES string of the molecule is c1ccc(-c2nc(-c3ccccc3)nc(-c3ccc(-n4c5ccccc5c5cc6c(cc54)C(c4ccccc4)(c4ccccc4)c4cc5c(cc4-6)c4ccccc4n5-c4ccccc4)cc3)n2)cc1. The second-order valence-corrected chi connectivity index (χ2v) is 17.9. The maximum Gasteiger partial charge on any atom is 0.164 e. The topological polar surface area (TPSA) is 48.5 Å². The molecule has 0 N–H and O–H groups in total. The van der Waals surface area contributed by atoms with Gasteiger partial charge in [0.05, 0.1) is 27.5 Å². The van der Waals surface area contributed by atoms with Crippen LogP contribution < -0.4 is 0 Å². The van der Waals surface area contributed by atoms with E-state index in [4.69, 9.17) is 15.0 Å². The van der Waals surface area contributed by atoms with E-state index in [9.17, 15) is 0 Å². The highest BCUT2D eigenvalue weighted by Crippen LogP contribution is 2.59. The average Bonchev–Trinajstić information content (AvgIpc) is 4.04. The molecule has 1 aliphatic carbocycles. The molecule has 5 nitrogen and oxygen atoms in total. The van der Waals surface area contributed by atoms with Crippen molar-refractivity contribution in [3.05, 3.63) is 271 Å². The molecule has 0 atom stereocenters. The van der Waals surface area contributed by atoms with Crippen LogP contribution in [0.4, 0.5) is 0 Å². The fraction of sp³-hybridized carbons (Fsp3) is 0.0156. The van der Waals surface area contributed by atoms with Crippen molar-refractivity contribution in [1.82, 2.24) is 24.1 Å². The Bertz CT molecular complexity index is 3990. The summed E-state index contributed by atoms with van der Waals surface area (Å²) in [5, 5.41) is 4.89. The van der Waals surface area contributed by atoms with Gasteiger partial charge in [0.15, 0.2) is 17.5 Å². The summed E-state index contributed by atoms with van der Waals surface area (Å²) in [6, 6.07) is 89.6. The number of nitrogens with zero attached hydrogens (tertiary/aromatic N) is 5. The first-order valence-electron chi connectivity index (χ1n) is 23.5. The van der Waals surface area contributed by atoms with E-state index in [1.165, 1.54) is 66.0 Å². The number of aromatic nitrogens is 5. The molecule has 322 valence electrons. The lowest BCUT2D eigenvalue weighted by Crippen LogP contribution is -2.28. The molecule has 3 aromatic heterocycles. The van der Waals surface area contributed by atoms with E-state index in [0.29, 0.717) is 17.5 Å². The molecule has 0 fully saturated rings. The standard InChI is InChI=1S/C64H41N5/c1-6-20-42(21-7-1)61-65-62(43-22-8-2-9-23-43)67-63(66-61)44-34-36-48(37-35-44)69-58-33-19-17-31-50(58)54-39-52-51-38-53-49-30-16-18-32-57(49)68(47-28-14-5-15-29-47)59(53)40-55(51)64(56(52)41-60(54)69,45-24-10-3-11-25-45)46-26-12-4-13-27-46/h1-41H. The molecule has 0 radical (unpaired) electrons. The zero-order chi connectivity index (χ0) is 45.5. The van der Waals surface area contributed by atoms with Gasteiger partial charge in [-0.1, -0.05) is 176 Å². The largest absolute Gasteiger partial charge is 0.309 e. The molecular weight excluding hydrogens is 839 g/mol. The zero-order valence-electron chi connectivity index (χ0n) is 37.4. The summed E-state index contributed by atoms with van der Waals surface area (Å²) in [5.41, 5.74) is 16.5. The smallest absolute Gasteiger partial charge is 0.164 e. The third kappa shape index (κ3) is 5.94. The lowest BCUT2D eigenvalue weighted by atomic mass is 9.67. The van der Waals surface area contributed by atoms with Crippen LogP contribution in [0.1, 0.15) is 22.3 Å². The maximum absolute atomic E-state index is 5.05. The number of fused-ring (bicyclic) bond motifs is 9. The van der Waals surface area contributed by atoms with Gasteiger partial charge in [-0.25, -0.2) is 15.0 Å². The van der Waals surface area contributed by atoms with Crippen LogP contribution in [0.5, 0.6) is 0 Å². The molecule has 14 rings (SSSR count). The molecule has 0 spiro atoms. The van der Waals surface area contributed by atoms with Crippen molar-refractivity contribution in [3.63, 3.8) is 0 Å². The van der Waals surface area contributed by atoms with Crippen molar-refractivity contribution in [2.45, 2.75) is 5.41 Å². The lowest BCUT2D eigenvalue weighted by Gasteiger charge is -2.34. The number of hydrogen-bond acceptors (Lipinski definition) is 3. The Balaban J connectivity index is 1.02. The van der Waals surface area contributed by atoms with Gasteiger partial charge in [0.1, 0.15) is 0 Å². The summed E-state index contributed by atoms with van der Waals surface area (Å²) in [6.07, 6.45) is 0. The van der Waals surface area contributed by atoms with Crippen molar-refractivity contribution in [2.24, 2.45) is 0 Å². The van der Waals surface area contributed by atoms with Crippen molar-refractivity contribution in [2.75, 3.05) is 0 Å². The second-order valence-electron chi connectivity index (χ2n) is 17.9. The van der Waals surface area contributed by atoms with Crippen molar-refractivity contribution >= 4 is 43.6 Å². The minimum Gasteiger partial charge on any atom is -0.309 e. The maximum atomic E-state index is 5.05. The van der Waals surface area contributed by atoms with Gasteiger partial charge in [-0.05, 0) is 106 Å². The first-order chi connectivity index (χ1) is 34.2. The quantitative estimate of drug-likeness (QED) is 0.160. The molecule has 0 aliphatic heterocycles. The van der Waals surface area contributed by atoms with Crippen LogP contribution in [0, 0.1) is 0 Å². The summed E-state index contributed by atoms with van der Waals surface area (Å²) in [6.45, 7) is 0. The Kier molecular flexibility index (Phi) is 8.73. The number of benzene rings is 10. The van der Waals surface area contributed by atoms with Gasteiger partial charge in [-0.15, -0.1) is 0 Å². The third-order valence-electron chi connectivity index (χ3n) is 14.2. The summed E-state index contributed by atoms with van der Waals surface area (Å²) >= 11 is 0. The number of hydrogen-bond donors (Lipinski definition) is 0. The average molecular weight is 880 g/mol.